The summed E-state index contributed by atoms with van der Waals surface area (Å²) in [7, 11) is 0. The summed E-state index contributed by atoms with van der Waals surface area (Å²) in [6, 6.07) is 31.3. The normalized spacial score (nSPS) is 19.3. The van der Waals surface area contributed by atoms with Gasteiger partial charge in [-0.1, -0.05) is 119 Å². The molecule has 0 amide bonds. The van der Waals surface area contributed by atoms with E-state index in [4.69, 9.17) is 9.47 Å². The highest BCUT2D eigenvalue weighted by Gasteiger charge is 2.61. The second-order valence-electron chi connectivity index (χ2n) is 11.5. The van der Waals surface area contributed by atoms with E-state index in [1.54, 1.807) is 0 Å². The summed E-state index contributed by atoms with van der Waals surface area (Å²) in [5, 5.41) is 25.7. The molecule has 0 radical (unpaired) electrons. The van der Waals surface area contributed by atoms with Crippen LogP contribution in [0.4, 0.5) is 0 Å². The molecule has 0 bridgehead atoms. The Morgan fingerprint density at radius 2 is 0.667 bits per heavy atom. The van der Waals surface area contributed by atoms with Gasteiger partial charge in [-0.05, 0) is 63.8 Å². The maximum absolute atomic E-state index is 12.9. The third-order valence-electron chi connectivity index (χ3n) is 7.89. The van der Waals surface area contributed by atoms with Crippen LogP contribution in [0.1, 0.15) is 58.4 Å². The van der Waals surface area contributed by atoms with Crippen LogP contribution in [-0.2, 0) is 20.7 Å². The summed E-state index contributed by atoms with van der Waals surface area (Å²) in [6.07, 6.45) is -1.91. The molecule has 4 aromatic carbocycles. The molecule has 2 N–H and O–H groups in total. The summed E-state index contributed by atoms with van der Waals surface area (Å²) in [5.74, 6) is -1.07. The van der Waals surface area contributed by atoms with Crippen LogP contribution in [0.15, 0.2) is 97.1 Å². The van der Waals surface area contributed by atoms with Crippen molar-refractivity contribution in [3.63, 3.8) is 0 Å². The Balaban J connectivity index is 1.77. The van der Waals surface area contributed by atoms with E-state index >= 15 is 0 Å². The quantitative estimate of drug-likeness (QED) is 0.299. The Bertz CT molecular complexity index is 1220. The van der Waals surface area contributed by atoms with Crippen molar-refractivity contribution in [1.29, 1.82) is 0 Å². The first-order chi connectivity index (χ1) is 18.4. The molecule has 4 aromatic rings. The maximum Gasteiger partial charge on any atom is 0.164 e. The Hall–Kier alpha value is -3.28. The summed E-state index contributed by atoms with van der Waals surface area (Å²) < 4.78 is 13.2. The Morgan fingerprint density at radius 3 is 0.872 bits per heavy atom. The van der Waals surface area contributed by atoms with Gasteiger partial charge in [-0.25, -0.2) is 0 Å². The fourth-order valence-corrected chi connectivity index (χ4v) is 5.59. The van der Waals surface area contributed by atoms with E-state index in [0.717, 1.165) is 22.3 Å². The Morgan fingerprint density at radius 1 is 0.462 bits per heavy atom. The van der Waals surface area contributed by atoms with Gasteiger partial charge in [-0.15, -0.1) is 0 Å². The first-order valence-corrected chi connectivity index (χ1v) is 13.5. The monoisotopic (exact) mass is 522 g/mol. The van der Waals surface area contributed by atoms with Crippen LogP contribution >= 0.6 is 0 Å². The summed E-state index contributed by atoms with van der Waals surface area (Å²) in [4.78, 5) is 0. The lowest BCUT2D eigenvalue weighted by atomic mass is 9.71. The zero-order valence-electron chi connectivity index (χ0n) is 23.6. The van der Waals surface area contributed by atoms with Crippen molar-refractivity contribution in [3.8, 4) is 0 Å². The lowest BCUT2D eigenvalue weighted by Crippen LogP contribution is -2.55. The minimum atomic E-state index is -1.62. The van der Waals surface area contributed by atoms with Gasteiger partial charge in [-0.3, -0.25) is 0 Å². The smallest absolute Gasteiger partial charge is 0.164 e. The van der Waals surface area contributed by atoms with Crippen molar-refractivity contribution >= 4 is 0 Å². The molecule has 0 spiro atoms. The van der Waals surface area contributed by atoms with Gasteiger partial charge in [0.25, 0.3) is 0 Å². The molecule has 4 heteroatoms. The number of benzene rings is 4. The molecule has 202 valence electrons. The van der Waals surface area contributed by atoms with Crippen LogP contribution < -0.4 is 0 Å². The number of aryl methyl sites for hydroxylation is 4. The largest absolute Gasteiger partial charge is 0.378 e. The van der Waals surface area contributed by atoms with Crippen molar-refractivity contribution in [2.75, 3.05) is 0 Å². The topological polar surface area (TPSA) is 58.9 Å². The molecule has 1 saturated heterocycles. The summed E-state index contributed by atoms with van der Waals surface area (Å²) >= 11 is 0. The van der Waals surface area contributed by atoms with Crippen LogP contribution in [0.25, 0.3) is 0 Å². The molecule has 0 saturated carbocycles. The highest BCUT2D eigenvalue weighted by atomic mass is 16.8. The summed E-state index contributed by atoms with van der Waals surface area (Å²) in [5.41, 5.74) is 3.77. The Labute approximate surface area is 231 Å². The van der Waals surface area contributed by atoms with Crippen molar-refractivity contribution < 1.29 is 19.7 Å². The molecule has 1 aliphatic heterocycles. The van der Waals surface area contributed by atoms with E-state index in [9.17, 15) is 10.2 Å². The van der Waals surface area contributed by atoms with Crippen molar-refractivity contribution in [1.82, 2.24) is 0 Å². The highest BCUT2D eigenvalue weighted by Crippen LogP contribution is 2.50. The number of ether oxygens (including phenoxy) is 2. The van der Waals surface area contributed by atoms with Gasteiger partial charge in [0.1, 0.15) is 23.4 Å². The van der Waals surface area contributed by atoms with Crippen LogP contribution in [0.3, 0.4) is 0 Å². The molecule has 0 aliphatic carbocycles. The molecule has 1 heterocycles. The van der Waals surface area contributed by atoms with Gasteiger partial charge in [0.2, 0.25) is 0 Å². The third kappa shape index (κ3) is 4.94. The Kier molecular flexibility index (Phi) is 7.02. The molecule has 0 aromatic heterocycles. The average Bonchev–Trinajstić information content (AvgIpc) is 3.25. The van der Waals surface area contributed by atoms with Gasteiger partial charge in [-0.2, -0.15) is 0 Å². The SMILES string of the molecule is Cc1ccc(C(O)(c2ccc(C)cc2)[C@H]2OC(C)(C)O[C@@H]2C(O)(c2ccc(C)cc2)c2ccc(C)cc2)cc1. The molecular formula is C35H38O4. The van der Waals surface area contributed by atoms with Gasteiger partial charge in [0, 0.05) is 0 Å². The van der Waals surface area contributed by atoms with E-state index in [2.05, 4.69) is 0 Å². The van der Waals surface area contributed by atoms with Crippen molar-refractivity contribution in [3.05, 3.63) is 142 Å². The van der Waals surface area contributed by atoms with Gasteiger partial charge in [0.15, 0.2) is 5.79 Å². The van der Waals surface area contributed by atoms with E-state index in [1.165, 1.54) is 0 Å². The molecule has 1 aliphatic rings. The van der Waals surface area contributed by atoms with Crippen LogP contribution in [0.5, 0.6) is 0 Å². The third-order valence-corrected chi connectivity index (χ3v) is 7.89. The van der Waals surface area contributed by atoms with Crippen LogP contribution in [0, 0.1) is 27.7 Å². The van der Waals surface area contributed by atoms with E-state index < -0.39 is 29.2 Å². The molecule has 0 unspecified atom stereocenters. The average molecular weight is 523 g/mol. The predicted octanol–water partition coefficient (Wildman–Crippen LogP) is 6.61. The first kappa shape index (κ1) is 27.3. The molecule has 2 atom stereocenters. The molecule has 39 heavy (non-hydrogen) atoms. The van der Waals surface area contributed by atoms with E-state index in [-0.39, 0.29) is 0 Å². The number of rotatable bonds is 6. The molecule has 4 nitrogen and oxygen atoms in total. The van der Waals surface area contributed by atoms with Crippen LogP contribution in [-0.4, -0.2) is 28.2 Å². The van der Waals surface area contributed by atoms with Gasteiger partial charge >= 0.3 is 0 Å². The lowest BCUT2D eigenvalue weighted by molar-refractivity contribution is -0.172. The number of hydrogen-bond acceptors (Lipinski definition) is 4. The second kappa shape index (κ2) is 10.0. The minimum absolute atomic E-state index is 0.670. The van der Waals surface area contributed by atoms with Crippen LogP contribution in [0.2, 0.25) is 0 Å². The molecular weight excluding hydrogens is 484 g/mol. The number of hydrogen-bond donors (Lipinski definition) is 2. The standard InChI is InChI=1S/C35H38O4/c1-23-7-15-27(16-8-23)34(36,28-17-9-24(2)10-18-28)31-32(39-33(5,6)38-31)35(37,29-19-11-25(3)12-20-29)30-21-13-26(4)14-22-30/h7-22,31-32,36-37H,1-6H3/t31-,32-/m0/s1. The van der Waals surface area contributed by atoms with Crippen molar-refractivity contribution in [2.24, 2.45) is 0 Å². The lowest BCUT2D eigenvalue weighted by Gasteiger charge is -2.42. The molecule has 5 rings (SSSR count). The highest BCUT2D eigenvalue weighted by molar-refractivity contribution is 5.45. The fraction of sp³-hybridized carbons (Fsp3) is 0.314. The summed E-state index contributed by atoms with van der Waals surface area (Å²) in [6.45, 7) is 11.7. The maximum atomic E-state index is 12.9. The van der Waals surface area contributed by atoms with E-state index in [1.807, 2.05) is 139 Å². The predicted molar refractivity (Wildman–Crippen MR) is 155 cm³/mol. The molecule has 1 fully saturated rings. The van der Waals surface area contributed by atoms with Gasteiger partial charge in [0.05, 0.1) is 0 Å². The van der Waals surface area contributed by atoms with Crippen molar-refractivity contribution in [2.45, 2.75) is 70.7 Å². The van der Waals surface area contributed by atoms with Gasteiger partial charge < -0.3 is 19.7 Å². The minimum Gasteiger partial charge on any atom is -0.378 e. The second-order valence-corrected chi connectivity index (χ2v) is 11.5. The zero-order valence-corrected chi connectivity index (χ0v) is 23.6. The fourth-order valence-electron chi connectivity index (χ4n) is 5.59. The first-order valence-electron chi connectivity index (χ1n) is 13.5. The number of aliphatic hydroxyl groups is 2. The van der Waals surface area contributed by atoms with E-state index in [0.29, 0.717) is 22.3 Å². The zero-order chi connectivity index (χ0) is 28.0.